The lowest BCUT2D eigenvalue weighted by Gasteiger charge is -2.32. The highest BCUT2D eigenvalue weighted by atomic mass is 32.2. The average Bonchev–Trinajstić information content (AvgIpc) is 2.74. The second kappa shape index (κ2) is 9.02. The first-order valence-electron chi connectivity index (χ1n) is 8.79. The molecule has 0 fully saturated rings. The van der Waals surface area contributed by atoms with Gasteiger partial charge in [-0.05, 0) is 31.2 Å². The molecule has 0 bridgehead atoms. The Morgan fingerprint density at radius 3 is 2.31 bits per heavy atom. The third-order valence-corrected chi connectivity index (χ3v) is 5.18. The molecule has 170 valence electrons. The van der Waals surface area contributed by atoms with Gasteiger partial charge < -0.3 is 10.6 Å². The van der Waals surface area contributed by atoms with Crippen LogP contribution in [-0.4, -0.2) is 35.3 Å². The second-order valence-corrected chi connectivity index (χ2v) is 8.05. The van der Waals surface area contributed by atoms with Crippen molar-refractivity contribution in [2.45, 2.75) is 23.7 Å². The molecule has 0 saturated heterocycles. The summed E-state index contributed by atoms with van der Waals surface area (Å²) in [4.78, 5) is 17.0. The molecule has 9 nitrogen and oxygen atoms in total. The van der Waals surface area contributed by atoms with Crippen LogP contribution in [0.3, 0.4) is 0 Å². The Bertz CT molecular complexity index is 1180. The first-order valence-corrected chi connectivity index (χ1v) is 10.3. The number of hydrogen-bond donors (Lipinski definition) is 3. The zero-order valence-corrected chi connectivity index (χ0v) is 17.1. The molecule has 0 spiro atoms. The van der Waals surface area contributed by atoms with Gasteiger partial charge in [0.05, 0.1) is 4.90 Å². The summed E-state index contributed by atoms with van der Waals surface area (Å²) in [5, 5.41) is 4.48. The standard InChI is InChI=1S/C18H16F4N6O3S/c1-17(18(20,21)22,31-28-32(29,30)12-6-3-2-4-7-12)27-15-10-14(24-11-25-15)26-16-13(19)8-5-9-23-16/h2-11,28H,1H3,(H2,23,24,25,26,27). The molecule has 0 saturated carbocycles. The van der Waals surface area contributed by atoms with Crippen LogP contribution in [0.4, 0.5) is 35.0 Å². The van der Waals surface area contributed by atoms with E-state index < -0.39 is 33.6 Å². The van der Waals surface area contributed by atoms with Crippen LogP contribution in [0.2, 0.25) is 0 Å². The molecule has 0 aliphatic carbocycles. The van der Waals surface area contributed by atoms with Crippen molar-refractivity contribution in [3.8, 4) is 0 Å². The summed E-state index contributed by atoms with van der Waals surface area (Å²) in [6.07, 6.45) is -2.87. The van der Waals surface area contributed by atoms with E-state index in [-0.39, 0.29) is 16.5 Å². The third kappa shape index (κ3) is 5.46. The van der Waals surface area contributed by atoms with Crippen molar-refractivity contribution >= 4 is 27.5 Å². The van der Waals surface area contributed by atoms with Gasteiger partial charge in [0, 0.05) is 12.3 Å². The number of hydrogen-bond acceptors (Lipinski definition) is 8. The summed E-state index contributed by atoms with van der Waals surface area (Å²) in [6, 6.07) is 10.2. The molecule has 14 heteroatoms. The SMILES string of the molecule is CC(Nc1cc(Nc2ncccc2F)ncn1)(ONS(=O)(=O)c1ccccc1)C(F)(F)F. The van der Waals surface area contributed by atoms with Crippen molar-refractivity contribution in [3.05, 3.63) is 66.9 Å². The highest BCUT2D eigenvalue weighted by Crippen LogP contribution is 2.34. The Hall–Kier alpha value is -3.36. The predicted octanol–water partition coefficient (Wildman–Crippen LogP) is 3.35. The highest BCUT2D eigenvalue weighted by molar-refractivity contribution is 7.89. The molecule has 1 aromatic carbocycles. The van der Waals surface area contributed by atoms with Crippen molar-refractivity contribution in [1.82, 2.24) is 19.8 Å². The van der Waals surface area contributed by atoms with E-state index in [1.54, 1.807) is 6.07 Å². The minimum absolute atomic E-state index is 0.0745. The first kappa shape index (κ1) is 23.3. The molecule has 0 amide bonds. The lowest BCUT2D eigenvalue weighted by Crippen LogP contribution is -2.55. The maximum absolute atomic E-state index is 13.7. The van der Waals surface area contributed by atoms with Crippen LogP contribution in [0.25, 0.3) is 0 Å². The van der Waals surface area contributed by atoms with Gasteiger partial charge in [-0.2, -0.15) is 13.2 Å². The van der Waals surface area contributed by atoms with Gasteiger partial charge in [0.1, 0.15) is 18.0 Å². The number of pyridine rings is 1. The van der Waals surface area contributed by atoms with Crippen molar-refractivity contribution in [3.63, 3.8) is 0 Å². The molecule has 0 radical (unpaired) electrons. The summed E-state index contributed by atoms with van der Waals surface area (Å²) in [7, 11) is -4.41. The predicted molar refractivity (Wildman–Crippen MR) is 105 cm³/mol. The smallest absolute Gasteiger partial charge is 0.333 e. The maximum Gasteiger partial charge on any atom is 0.438 e. The van der Waals surface area contributed by atoms with E-state index in [0.29, 0.717) is 6.92 Å². The first-order chi connectivity index (χ1) is 15.0. The normalized spacial score (nSPS) is 13.9. The van der Waals surface area contributed by atoms with Gasteiger partial charge in [-0.3, -0.25) is 0 Å². The van der Waals surface area contributed by atoms with Gasteiger partial charge in [-0.15, -0.1) is 0 Å². The molecule has 1 unspecified atom stereocenters. The zero-order chi connectivity index (χ0) is 23.4. The van der Waals surface area contributed by atoms with Crippen molar-refractivity contribution in [2.24, 2.45) is 0 Å². The van der Waals surface area contributed by atoms with E-state index in [0.717, 1.165) is 18.5 Å². The molecule has 3 rings (SSSR count). The van der Waals surface area contributed by atoms with Gasteiger partial charge in [-0.1, -0.05) is 23.1 Å². The fourth-order valence-corrected chi connectivity index (χ4v) is 3.17. The lowest BCUT2D eigenvalue weighted by atomic mass is 10.2. The fraction of sp³-hybridized carbons (Fsp3) is 0.167. The average molecular weight is 472 g/mol. The number of sulfonamides is 1. The van der Waals surface area contributed by atoms with E-state index in [1.165, 1.54) is 41.4 Å². The summed E-state index contributed by atoms with van der Waals surface area (Å²) in [5.41, 5.74) is -3.23. The summed E-state index contributed by atoms with van der Waals surface area (Å²) >= 11 is 0. The largest absolute Gasteiger partial charge is 0.438 e. The molecule has 2 aromatic heterocycles. The van der Waals surface area contributed by atoms with E-state index in [9.17, 15) is 26.0 Å². The third-order valence-electron chi connectivity index (χ3n) is 3.99. The van der Waals surface area contributed by atoms with Gasteiger partial charge >= 0.3 is 6.18 Å². The quantitative estimate of drug-likeness (QED) is 0.260. The van der Waals surface area contributed by atoms with E-state index in [1.807, 2.05) is 5.32 Å². The van der Waals surface area contributed by atoms with E-state index in [4.69, 9.17) is 0 Å². The fourth-order valence-electron chi connectivity index (χ4n) is 2.28. The van der Waals surface area contributed by atoms with Crippen LogP contribution in [0.5, 0.6) is 0 Å². The van der Waals surface area contributed by atoms with Crippen molar-refractivity contribution in [1.29, 1.82) is 0 Å². The van der Waals surface area contributed by atoms with Crippen LogP contribution in [0.15, 0.2) is 66.0 Å². The summed E-state index contributed by atoms with van der Waals surface area (Å²) in [6.45, 7) is 0.564. The molecule has 1 atom stereocenters. The summed E-state index contributed by atoms with van der Waals surface area (Å²) in [5.74, 6) is -1.38. The molecular weight excluding hydrogens is 456 g/mol. The second-order valence-electron chi connectivity index (χ2n) is 6.41. The Balaban J connectivity index is 1.80. The number of rotatable bonds is 8. The number of benzene rings is 1. The van der Waals surface area contributed by atoms with Gasteiger partial charge in [-0.25, -0.2) is 32.6 Å². The van der Waals surface area contributed by atoms with E-state index >= 15 is 0 Å². The van der Waals surface area contributed by atoms with Crippen LogP contribution >= 0.6 is 0 Å². The van der Waals surface area contributed by atoms with Crippen LogP contribution in [0.1, 0.15) is 6.92 Å². The zero-order valence-electron chi connectivity index (χ0n) is 16.3. The Kier molecular flexibility index (Phi) is 6.57. The minimum atomic E-state index is -5.09. The van der Waals surface area contributed by atoms with E-state index in [2.05, 4.69) is 25.1 Å². The molecule has 0 aliphatic heterocycles. The molecule has 0 aliphatic rings. The van der Waals surface area contributed by atoms with Gasteiger partial charge in [0.25, 0.3) is 15.7 Å². The summed E-state index contributed by atoms with van der Waals surface area (Å²) < 4.78 is 79.4. The Morgan fingerprint density at radius 2 is 1.66 bits per heavy atom. The maximum atomic E-state index is 13.7. The molecular formula is C18H16F4N6O3S. The van der Waals surface area contributed by atoms with Crippen LogP contribution in [0, 0.1) is 5.82 Å². The molecule has 32 heavy (non-hydrogen) atoms. The van der Waals surface area contributed by atoms with Crippen molar-refractivity contribution in [2.75, 3.05) is 10.6 Å². The minimum Gasteiger partial charge on any atom is -0.333 e. The van der Waals surface area contributed by atoms with Gasteiger partial charge in [0.15, 0.2) is 11.6 Å². The number of aromatic nitrogens is 3. The lowest BCUT2D eigenvalue weighted by molar-refractivity contribution is -0.268. The van der Waals surface area contributed by atoms with Gasteiger partial charge in [0.2, 0.25) is 0 Å². The number of anilines is 3. The highest BCUT2D eigenvalue weighted by Gasteiger charge is 2.54. The molecule has 3 N–H and O–H groups in total. The van der Waals surface area contributed by atoms with Crippen LogP contribution in [-0.2, 0) is 14.9 Å². The number of nitrogens with one attached hydrogen (secondary N) is 3. The topological polar surface area (TPSA) is 118 Å². The Labute approximate surface area is 179 Å². The monoisotopic (exact) mass is 472 g/mol. The number of alkyl halides is 3. The van der Waals surface area contributed by atoms with Crippen molar-refractivity contribution < 1.29 is 30.8 Å². The number of halogens is 4. The van der Waals surface area contributed by atoms with Crippen LogP contribution < -0.4 is 15.5 Å². The molecule has 3 aromatic rings. The number of nitrogens with zero attached hydrogens (tertiary/aromatic N) is 3. The Morgan fingerprint density at radius 1 is 0.969 bits per heavy atom. The molecule has 2 heterocycles.